The fourth-order valence-electron chi connectivity index (χ4n) is 5.16. The maximum atomic E-state index is 12.8. The van der Waals surface area contributed by atoms with E-state index in [4.69, 9.17) is 23.7 Å². The van der Waals surface area contributed by atoms with Crippen LogP contribution in [-0.4, -0.2) is 80.8 Å². The number of fused-ring (bicyclic) bond motifs is 1. The van der Waals surface area contributed by atoms with Crippen LogP contribution in [0.2, 0.25) is 0 Å². The largest absolute Gasteiger partial charge is 0.458 e. The number of hydrogen-bond acceptors (Lipinski definition) is 9. The topological polar surface area (TPSA) is 101 Å². The fourth-order valence-corrected chi connectivity index (χ4v) is 5.16. The van der Waals surface area contributed by atoms with Gasteiger partial charge >= 0.3 is 17.9 Å². The Kier molecular flexibility index (Phi) is 6.08. The lowest BCUT2D eigenvalue weighted by atomic mass is 9.78. The number of morpholine rings is 1. The summed E-state index contributed by atoms with van der Waals surface area (Å²) in [4.78, 5) is 39.7. The molecule has 2 bridgehead atoms. The molecular formula is C20H29NO8. The van der Waals surface area contributed by atoms with E-state index in [0.717, 1.165) is 6.42 Å². The Balaban J connectivity index is 1.40. The van der Waals surface area contributed by atoms with Crippen LogP contribution in [0.15, 0.2) is 0 Å². The van der Waals surface area contributed by atoms with Crippen molar-refractivity contribution < 1.29 is 38.1 Å². The molecule has 0 amide bonds. The first kappa shape index (κ1) is 20.6. The first-order valence-electron chi connectivity index (χ1n) is 10.5. The second kappa shape index (κ2) is 8.57. The molecule has 9 nitrogen and oxygen atoms in total. The zero-order chi connectivity index (χ0) is 20.5. The standard InChI is InChI=1S/C20H29NO8/c1-3-6-26-11(2)27-19(23)15-12-9-13-16(15)20(24)29-18(13)17(12)28-14(22)10-21-4-7-25-8-5-21/h11-13,15-18H,3-10H2,1-2H3. The van der Waals surface area contributed by atoms with Gasteiger partial charge in [0.15, 0.2) is 6.29 Å². The van der Waals surface area contributed by atoms with Gasteiger partial charge in [-0.15, -0.1) is 0 Å². The Labute approximate surface area is 169 Å². The quantitative estimate of drug-likeness (QED) is 0.318. The molecule has 29 heavy (non-hydrogen) atoms. The van der Waals surface area contributed by atoms with Crippen molar-refractivity contribution in [3.05, 3.63) is 0 Å². The molecule has 0 aromatic rings. The van der Waals surface area contributed by atoms with Crippen LogP contribution >= 0.6 is 0 Å². The summed E-state index contributed by atoms with van der Waals surface area (Å²) in [5, 5.41) is 0. The first-order valence-corrected chi connectivity index (χ1v) is 10.5. The summed E-state index contributed by atoms with van der Waals surface area (Å²) in [6, 6.07) is 0. The molecule has 7 unspecified atom stereocenters. The summed E-state index contributed by atoms with van der Waals surface area (Å²) in [6.07, 6.45) is -0.296. The molecule has 4 rings (SSSR count). The summed E-state index contributed by atoms with van der Waals surface area (Å²) in [5.74, 6) is -2.75. The number of hydrogen-bond donors (Lipinski definition) is 0. The minimum Gasteiger partial charge on any atom is -0.458 e. The predicted molar refractivity (Wildman–Crippen MR) is 97.4 cm³/mol. The second-order valence-corrected chi connectivity index (χ2v) is 8.23. The zero-order valence-corrected chi connectivity index (χ0v) is 16.9. The van der Waals surface area contributed by atoms with Crippen LogP contribution in [0.4, 0.5) is 0 Å². The van der Waals surface area contributed by atoms with Gasteiger partial charge in [0, 0.05) is 24.9 Å². The van der Waals surface area contributed by atoms with Gasteiger partial charge in [-0.2, -0.15) is 0 Å². The van der Waals surface area contributed by atoms with Crippen molar-refractivity contribution in [2.24, 2.45) is 23.7 Å². The molecule has 162 valence electrons. The molecule has 0 aromatic carbocycles. The van der Waals surface area contributed by atoms with Crippen LogP contribution in [0.1, 0.15) is 26.7 Å². The van der Waals surface area contributed by atoms with Gasteiger partial charge in [-0.05, 0) is 19.8 Å². The fraction of sp³-hybridized carbons (Fsp3) is 0.850. The highest BCUT2D eigenvalue weighted by Gasteiger charge is 2.70. The molecular weight excluding hydrogens is 382 g/mol. The lowest BCUT2D eigenvalue weighted by Crippen LogP contribution is -2.46. The summed E-state index contributed by atoms with van der Waals surface area (Å²) in [6.45, 7) is 6.82. The van der Waals surface area contributed by atoms with Crippen LogP contribution < -0.4 is 0 Å². The Morgan fingerprint density at radius 2 is 2.00 bits per heavy atom. The first-order chi connectivity index (χ1) is 14.0. The smallest absolute Gasteiger partial charge is 0.320 e. The third-order valence-electron chi connectivity index (χ3n) is 6.38. The summed E-state index contributed by atoms with van der Waals surface area (Å²) in [5.41, 5.74) is 0. The van der Waals surface area contributed by atoms with Gasteiger partial charge in [0.1, 0.15) is 12.2 Å². The average molecular weight is 411 g/mol. The highest BCUT2D eigenvalue weighted by atomic mass is 16.7. The number of ether oxygens (including phenoxy) is 5. The van der Waals surface area contributed by atoms with E-state index >= 15 is 0 Å². The molecule has 2 aliphatic carbocycles. The lowest BCUT2D eigenvalue weighted by molar-refractivity contribution is -0.186. The van der Waals surface area contributed by atoms with E-state index < -0.39 is 42.3 Å². The zero-order valence-electron chi connectivity index (χ0n) is 16.9. The van der Waals surface area contributed by atoms with Crippen molar-refractivity contribution in [3.63, 3.8) is 0 Å². The Bertz CT molecular complexity index is 648. The van der Waals surface area contributed by atoms with Gasteiger partial charge in [0.25, 0.3) is 0 Å². The third kappa shape index (κ3) is 4.00. The van der Waals surface area contributed by atoms with Crippen molar-refractivity contribution >= 4 is 17.9 Å². The highest BCUT2D eigenvalue weighted by molar-refractivity contribution is 5.86. The maximum Gasteiger partial charge on any atom is 0.320 e. The van der Waals surface area contributed by atoms with Gasteiger partial charge in [-0.1, -0.05) is 6.92 Å². The van der Waals surface area contributed by atoms with E-state index in [2.05, 4.69) is 0 Å². The number of carbonyl (C=O) groups excluding carboxylic acids is 3. The van der Waals surface area contributed by atoms with Crippen molar-refractivity contribution in [2.75, 3.05) is 39.5 Å². The van der Waals surface area contributed by atoms with Crippen molar-refractivity contribution in [2.45, 2.75) is 45.2 Å². The van der Waals surface area contributed by atoms with Crippen LogP contribution in [0.3, 0.4) is 0 Å². The van der Waals surface area contributed by atoms with Crippen LogP contribution in [0.25, 0.3) is 0 Å². The Morgan fingerprint density at radius 1 is 1.24 bits per heavy atom. The molecule has 0 radical (unpaired) electrons. The normalized spacial score (nSPS) is 36.7. The number of nitrogens with zero attached hydrogens (tertiary/aromatic N) is 1. The molecule has 4 aliphatic rings. The molecule has 7 atom stereocenters. The van der Waals surface area contributed by atoms with Crippen molar-refractivity contribution in [3.8, 4) is 0 Å². The summed E-state index contributed by atoms with van der Waals surface area (Å²) in [7, 11) is 0. The van der Waals surface area contributed by atoms with Crippen LogP contribution in [0, 0.1) is 23.7 Å². The number of rotatable bonds is 8. The molecule has 9 heteroatoms. The Morgan fingerprint density at radius 3 is 2.72 bits per heavy atom. The molecule has 0 aromatic heterocycles. The van der Waals surface area contributed by atoms with Gasteiger partial charge in [-0.3, -0.25) is 19.3 Å². The minimum atomic E-state index is -0.683. The molecule has 2 aliphatic heterocycles. The maximum absolute atomic E-state index is 12.8. The van der Waals surface area contributed by atoms with Crippen LogP contribution in [-0.2, 0) is 38.1 Å². The van der Waals surface area contributed by atoms with Crippen molar-refractivity contribution in [1.29, 1.82) is 0 Å². The van der Waals surface area contributed by atoms with Crippen LogP contribution in [0.5, 0.6) is 0 Å². The Hall–Kier alpha value is -1.71. The molecule has 4 fully saturated rings. The molecule has 2 saturated heterocycles. The lowest BCUT2D eigenvalue weighted by Gasteiger charge is -2.32. The molecule has 0 spiro atoms. The van der Waals surface area contributed by atoms with Gasteiger partial charge in [-0.25, -0.2) is 0 Å². The molecule has 0 N–H and O–H groups in total. The summed E-state index contributed by atoms with van der Waals surface area (Å²) < 4.78 is 27.4. The SMILES string of the molecule is CCCOC(C)OC(=O)C1C2CC3C(OC(=O)C31)C2OC(=O)CN1CCOCC1. The van der Waals surface area contributed by atoms with E-state index in [0.29, 0.717) is 39.3 Å². The minimum absolute atomic E-state index is 0.0990. The third-order valence-corrected chi connectivity index (χ3v) is 6.38. The van der Waals surface area contributed by atoms with Gasteiger partial charge in [0.2, 0.25) is 0 Å². The second-order valence-electron chi connectivity index (χ2n) is 8.23. The monoisotopic (exact) mass is 411 g/mol. The van der Waals surface area contributed by atoms with Crippen molar-refractivity contribution in [1.82, 2.24) is 4.90 Å². The molecule has 2 heterocycles. The van der Waals surface area contributed by atoms with E-state index in [1.807, 2.05) is 11.8 Å². The number of esters is 3. The summed E-state index contributed by atoms with van der Waals surface area (Å²) >= 11 is 0. The van der Waals surface area contributed by atoms with E-state index in [-0.39, 0.29) is 24.3 Å². The molecule has 2 saturated carbocycles. The predicted octanol–water partition coefficient (Wildman–Crippen LogP) is 0.354. The van der Waals surface area contributed by atoms with E-state index in [1.165, 1.54) is 0 Å². The van der Waals surface area contributed by atoms with E-state index in [1.54, 1.807) is 6.92 Å². The average Bonchev–Trinajstić information content (AvgIpc) is 3.31. The number of carbonyl (C=O) groups is 3. The van der Waals surface area contributed by atoms with Gasteiger partial charge < -0.3 is 23.7 Å². The van der Waals surface area contributed by atoms with E-state index in [9.17, 15) is 14.4 Å². The van der Waals surface area contributed by atoms with Gasteiger partial charge in [0.05, 0.1) is 38.2 Å². The highest BCUT2D eigenvalue weighted by Crippen LogP contribution is 2.59.